The van der Waals surface area contributed by atoms with Crippen molar-refractivity contribution in [2.45, 2.75) is 25.6 Å². The van der Waals surface area contributed by atoms with Crippen LogP contribution in [-0.4, -0.2) is 36.7 Å². The Balaban J connectivity index is 2.11. The largest absolute Gasteiger partial charge is 0.374 e. The Morgan fingerprint density at radius 2 is 2.26 bits per heavy atom. The predicted octanol–water partition coefficient (Wildman–Crippen LogP) is 2.28. The predicted molar refractivity (Wildman–Crippen MR) is 72.7 cm³/mol. The third-order valence-corrected chi connectivity index (χ3v) is 3.90. The molecule has 1 aliphatic heterocycles. The first-order chi connectivity index (χ1) is 8.99. The fourth-order valence-electron chi connectivity index (χ4n) is 2.13. The van der Waals surface area contributed by atoms with E-state index in [0.717, 1.165) is 0 Å². The van der Waals surface area contributed by atoms with E-state index in [1.54, 1.807) is 0 Å². The summed E-state index contributed by atoms with van der Waals surface area (Å²) in [5.74, 6) is -1.06. The average molecular weight is 335 g/mol. The monoisotopic (exact) mass is 334 g/mol. The molecule has 0 saturated carbocycles. The van der Waals surface area contributed by atoms with Crippen LogP contribution in [0.2, 0.25) is 0 Å². The van der Waals surface area contributed by atoms with Crippen LogP contribution in [0, 0.1) is 11.6 Å². The van der Waals surface area contributed by atoms with E-state index in [4.69, 9.17) is 10.5 Å². The van der Waals surface area contributed by atoms with Gasteiger partial charge in [0.2, 0.25) is 0 Å². The number of nitrogens with two attached hydrogens (primary N) is 1. The summed E-state index contributed by atoms with van der Waals surface area (Å²) < 4.78 is 33.4. The van der Waals surface area contributed by atoms with Crippen molar-refractivity contribution < 1.29 is 13.5 Å². The summed E-state index contributed by atoms with van der Waals surface area (Å²) in [5.41, 5.74) is 5.88. The minimum absolute atomic E-state index is 0.0831. The molecule has 1 aromatic carbocycles. The van der Waals surface area contributed by atoms with Crippen LogP contribution in [-0.2, 0) is 11.3 Å². The van der Waals surface area contributed by atoms with Crippen molar-refractivity contribution in [1.29, 1.82) is 0 Å². The average Bonchev–Trinajstić information content (AvgIpc) is 2.39. The van der Waals surface area contributed by atoms with Crippen molar-refractivity contribution in [3.63, 3.8) is 0 Å². The number of nitrogens with zero attached hydrogens (tertiary/aromatic N) is 1. The molecule has 106 valence electrons. The standard InChI is InChI=1S/C13H17BrF2N2O/c1-8(17)12-7-18(4-5-19-12)6-9-11(15)3-2-10(14)13(9)16/h2-3,8,12H,4-7,17H2,1H3. The quantitative estimate of drug-likeness (QED) is 0.862. The SMILES string of the molecule is CC(N)C1CN(Cc2c(F)ccc(Br)c2F)CCO1. The molecule has 0 spiro atoms. The molecule has 1 heterocycles. The van der Waals surface area contributed by atoms with Gasteiger partial charge in [-0.05, 0) is 35.0 Å². The number of morpholine rings is 1. The van der Waals surface area contributed by atoms with Crippen LogP contribution < -0.4 is 5.73 Å². The topological polar surface area (TPSA) is 38.5 Å². The summed E-state index contributed by atoms with van der Waals surface area (Å²) in [6.45, 7) is 3.86. The van der Waals surface area contributed by atoms with Crippen molar-refractivity contribution in [3.8, 4) is 0 Å². The summed E-state index contributed by atoms with van der Waals surface area (Å²) in [6.07, 6.45) is -0.0907. The number of halogens is 3. The fourth-order valence-corrected chi connectivity index (χ4v) is 2.50. The van der Waals surface area contributed by atoms with Crippen molar-refractivity contribution in [2.75, 3.05) is 19.7 Å². The van der Waals surface area contributed by atoms with Crippen molar-refractivity contribution in [2.24, 2.45) is 5.73 Å². The van der Waals surface area contributed by atoms with Crippen LogP contribution >= 0.6 is 15.9 Å². The van der Waals surface area contributed by atoms with E-state index in [0.29, 0.717) is 19.7 Å². The van der Waals surface area contributed by atoms with Gasteiger partial charge < -0.3 is 10.5 Å². The zero-order chi connectivity index (χ0) is 14.0. The lowest BCUT2D eigenvalue weighted by molar-refractivity contribution is -0.0408. The molecule has 2 atom stereocenters. The summed E-state index contributed by atoms with van der Waals surface area (Å²) in [6, 6.07) is 2.55. The molecule has 2 unspecified atom stereocenters. The van der Waals surface area contributed by atoms with Crippen molar-refractivity contribution in [3.05, 3.63) is 33.8 Å². The lowest BCUT2D eigenvalue weighted by Crippen LogP contribution is -2.49. The minimum atomic E-state index is -0.538. The number of rotatable bonds is 3. The molecule has 1 aliphatic rings. The maximum Gasteiger partial charge on any atom is 0.144 e. The molecular weight excluding hydrogens is 318 g/mol. The Kier molecular flexibility index (Phi) is 4.89. The zero-order valence-corrected chi connectivity index (χ0v) is 12.3. The highest BCUT2D eigenvalue weighted by atomic mass is 79.9. The molecule has 3 nitrogen and oxygen atoms in total. The smallest absolute Gasteiger partial charge is 0.144 e. The van der Waals surface area contributed by atoms with Crippen molar-refractivity contribution in [1.82, 2.24) is 4.90 Å². The lowest BCUT2D eigenvalue weighted by Gasteiger charge is -2.34. The molecule has 0 bridgehead atoms. The fraction of sp³-hybridized carbons (Fsp3) is 0.538. The molecule has 1 aromatic rings. The first-order valence-corrected chi connectivity index (χ1v) is 7.00. The molecule has 1 saturated heterocycles. The highest BCUT2D eigenvalue weighted by molar-refractivity contribution is 9.10. The van der Waals surface area contributed by atoms with Crippen LogP contribution in [0.1, 0.15) is 12.5 Å². The van der Waals surface area contributed by atoms with Crippen LogP contribution in [0.4, 0.5) is 8.78 Å². The third-order valence-electron chi connectivity index (χ3n) is 3.28. The van der Waals surface area contributed by atoms with Crippen LogP contribution in [0.15, 0.2) is 16.6 Å². The van der Waals surface area contributed by atoms with Gasteiger partial charge >= 0.3 is 0 Å². The maximum atomic E-state index is 13.9. The Morgan fingerprint density at radius 1 is 1.53 bits per heavy atom. The molecule has 2 N–H and O–H groups in total. The zero-order valence-electron chi connectivity index (χ0n) is 10.7. The second kappa shape index (κ2) is 6.26. The van der Waals surface area contributed by atoms with E-state index in [-0.39, 0.29) is 28.7 Å². The second-order valence-corrected chi connectivity index (χ2v) is 5.68. The molecule has 0 aliphatic carbocycles. The molecule has 0 aromatic heterocycles. The summed E-state index contributed by atoms with van der Waals surface area (Å²) in [4.78, 5) is 1.96. The van der Waals surface area contributed by atoms with Gasteiger partial charge in [0.15, 0.2) is 0 Å². The first kappa shape index (κ1) is 14.8. The highest BCUT2D eigenvalue weighted by Crippen LogP contribution is 2.23. The molecule has 1 fully saturated rings. The molecular formula is C13H17BrF2N2O. The molecule has 6 heteroatoms. The van der Waals surface area contributed by atoms with Gasteiger partial charge in [-0.25, -0.2) is 8.78 Å². The third kappa shape index (κ3) is 3.51. The Hall–Kier alpha value is -0.560. The van der Waals surface area contributed by atoms with Crippen molar-refractivity contribution >= 4 is 15.9 Å². The van der Waals surface area contributed by atoms with Gasteiger partial charge in [0.25, 0.3) is 0 Å². The number of hydrogen-bond donors (Lipinski definition) is 1. The summed E-state index contributed by atoms with van der Waals surface area (Å²) in [5, 5.41) is 0. The van der Waals surface area contributed by atoms with Gasteiger partial charge in [0.1, 0.15) is 11.6 Å². The van der Waals surface area contributed by atoms with E-state index >= 15 is 0 Å². The first-order valence-electron chi connectivity index (χ1n) is 6.21. The maximum absolute atomic E-state index is 13.9. The summed E-state index contributed by atoms with van der Waals surface area (Å²) in [7, 11) is 0. The van der Waals surface area contributed by atoms with Gasteiger partial charge in [-0.2, -0.15) is 0 Å². The van der Waals surface area contributed by atoms with E-state index in [1.807, 2.05) is 11.8 Å². The van der Waals surface area contributed by atoms with E-state index < -0.39 is 11.6 Å². The molecule has 0 radical (unpaired) electrons. The van der Waals surface area contributed by atoms with Gasteiger partial charge in [0, 0.05) is 31.2 Å². The molecule has 0 amide bonds. The van der Waals surface area contributed by atoms with Gasteiger partial charge in [-0.1, -0.05) is 0 Å². The summed E-state index contributed by atoms with van der Waals surface area (Å²) >= 11 is 3.08. The second-order valence-electron chi connectivity index (χ2n) is 4.83. The Morgan fingerprint density at radius 3 is 2.95 bits per heavy atom. The van der Waals surface area contributed by atoms with E-state index in [9.17, 15) is 8.78 Å². The molecule has 19 heavy (non-hydrogen) atoms. The van der Waals surface area contributed by atoms with Crippen LogP contribution in [0.5, 0.6) is 0 Å². The van der Waals surface area contributed by atoms with Gasteiger partial charge in [-0.3, -0.25) is 4.90 Å². The van der Waals surface area contributed by atoms with Gasteiger partial charge in [-0.15, -0.1) is 0 Å². The highest BCUT2D eigenvalue weighted by Gasteiger charge is 2.25. The normalized spacial score (nSPS) is 22.5. The number of benzene rings is 1. The number of ether oxygens (including phenoxy) is 1. The Labute approximate surface area is 119 Å². The van der Waals surface area contributed by atoms with E-state index in [1.165, 1.54) is 12.1 Å². The Bertz CT molecular complexity index is 457. The van der Waals surface area contributed by atoms with E-state index in [2.05, 4.69) is 15.9 Å². The van der Waals surface area contributed by atoms with Crippen LogP contribution in [0.25, 0.3) is 0 Å². The number of hydrogen-bond acceptors (Lipinski definition) is 3. The lowest BCUT2D eigenvalue weighted by atomic mass is 10.1. The van der Waals surface area contributed by atoms with Crippen LogP contribution in [0.3, 0.4) is 0 Å². The molecule has 2 rings (SSSR count). The van der Waals surface area contributed by atoms with Gasteiger partial charge in [0.05, 0.1) is 17.2 Å². The minimum Gasteiger partial charge on any atom is -0.374 e.